The number of fused-ring (bicyclic) bond motifs is 1. The summed E-state index contributed by atoms with van der Waals surface area (Å²) in [7, 11) is 0. The summed E-state index contributed by atoms with van der Waals surface area (Å²) in [6.45, 7) is 0. The SMILES string of the molecule is ClC(c1csc2ccccc12)C1C2CC3CC(C2)CC1C3. The third-order valence-electron chi connectivity index (χ3n) is 6.45. The molecule has 4 aliphatic carbocycles. The van der Waals surface area contributed by atoms with E-state index in [1.807, 2.05) is 11.3 Å². The average molecular weight is 317 g/mol. The molecule has 4 fully saturated rings. The van der Waals surface area contributed by atoms with Crippen LogP contribution in [-0.2, 0) is 0 Å². The molecule has 1 heterocycles. The molecule has 1 aromatic heterocycles. The summed E-state index contributed by atoms with van der Waals surface area (Å²) < 4.78 is 1.39. The van der Waals surface area contributed by atoms with Crippen molar-refractivity contribution in [2.45, 2.75) is 37.5 Å². The van der Waals surface area contributed by atoms with Gasteiger partial charge in [-0.2, -0.15) is 0 Å². The van der Waals surface area contributed by atoms with E-state index in [0.29, 0.717) is 0 Å². The van der Waals surface area contributed by atoms with Gasteiger partial charge >= 0.3 is 0 Å². The lowest BCUT2D eigenvalue weighted by Gasteiger charge is -2.55. The van der Waals surface area contributed by atoms with Gasteiger partial charge in [-0.1, -0.05) is 18.2 Å². The molecule has 0 aliphatic heterocycles. The largest absolute Gasteiger partial charge is 0.143 e. The molecule has 0 saturated heterocycles. The molecule has 110 valence electrons. The fraction of sp³-hybridized carbons (Fsp3) is 0.579. The highest BCUT2D eigenvalue weighted by atomic mass is 35.5. The van der Waals surface area contributed by atoms with Crippen molar-refractivity contribution in [2.24, 2.45) is 29.6 Å². The highest BCUT2D eigenvalue weighted by Gasteiger charge is 2.50. The molecule has 2 heteroatoms. The highest BCUT2D eigenvalue weighted by molar-refractivity contribution is 7.17. The van der Waals surface area contributed by atoms with E-state index in [0.717, 1.165) is 29.6 Å². The van der Waals surface area contributed by atoms with E-state index in [-0.39, 0.29) is 5.38 Å². The van der Waals surface area contributed by atoms with Crippen molar-refractivity contribution in [1.29, 1.82) is 0 Å². The van der Waals surface area contributed by atoms with E-state index in [4.69, 9.17) is 11.6 Å². The van der Waals surface area contributed by atoms with Crippen LogP contribution in [0.15, 0.2) is 29.6 Å². The lowest BCUT2D eigenvalue weighted by molar-refractivity contribution is -0.0379. The van der Waals surface area contributed by atoms with Crippen LogP contribution in [0, 0.1) is 29.6 Å². The zero-order chi connectivity index (χ0) is 14.0. The van der Waals surface area contributed by atoms with Gasteiger partial charge in [-0.3, -0.25) is 0 Å². The first-order valence-electron chi connectivity index (χ1n) is 8.40. The Hall–Kier alpha value is -0.530. The number of alkyl halides is 1. The Kier molecular flexibility index (Phi) is 2.92. The van der Waals surface area contributed by atoms with Gasteiger partial charge in [-0.25, -0.2) is 0 Å². The summed E-state index contributed by atoms with van der Waals surface area (Å²) in [4.78, 5) is 0. The molecule has 4 aliphatic rings. The first-order valence-corrected chi connectivity index (χ1v) is 9.71. The fourth-order valence-corrected chi connectivity index (χ4v) is 7.53. The Morgan fingerprint density at radius 1 is 0.952 bits per heavy atom. The molecular formula is C19H21ClS. The van der Waals surface area contributed by atoms with Crippen molar-refractivity contribution < 1.29 is 0 Å². The van der Waals surface area contributed by atoms with Crippen molar-refractivity contribution in [3.63, 3.8) is 0 Å². The second kappa shape index (κ2) is 4.73. The lowest BCUT2D eigenvalue weighted by Crippen LogP contribution is -2.46. The smallest absolute Gasteiger partial charge is 0.0632 e. The van der Waals surface area contributed by atoms with Crippen molar-refractivity contribution in [1.82, 2.24) is 0 Å². The maximum atomic E-state index is 7.08. The van der Waals surface area contributed by atoms with E-state index in [1.54, 1.807) is 0 Å². The van der Waals surface area contributed by atoms with E-state index in [2.05, 4.69) is 29.6 Å². The third kappa shape index (κ3) is 1.93. The van der Waals surface area contributed by atoms with Gasteiger partial charge in [0.25, 0.3) is 0 Å². The maximum absolute atomic E-state index is 7.08. The fourth-order valence-electron chi connectivity index (χ4n) is 5.86. The summed E-state index contributed by atoms with van der Waals surface area (Å²) in [6, 6.07) is 8.77. The summed E-state index contributed by atoms with van der Waals surface area (Å²) in [5, 5.41) is 3.96. The molecule has 0 spiro atoms. The van der Waals surface area contributed by atoms with E-state index in [9.17, 15) is 0 Å². The van der Waals surface area contributed by atoms with Gasteiger partial charge in [0, 0.05) is 4.70 Å². The number of hydrogen-bond donors (Lipinski definition) is 0. The average Bonchev–Trinajstić information content (AvgIpc) is 2.89. The number of rotatable bonds is 2. The van der Waals surface area contributed by atoms with Crippen LogP contribution in [0.4, 0.5) is 0 Å². The Morgan fingerprint density at radius 3 is 2.33 bits per heavy atom. The van der Waals surface area contributed by atoms with Crippen LogP contribution in [0.3, 0.4) is 0 Å². The van der Waals surface area contributed by atoms with Crippen LogP contribution in [0.5, 0.6) is 0 Å². The molecule has 1 aromatic carbocycles. The van der Waals surface area contributed by atoms with Gasteiger partial charge in [-0.05, 0) is 84.1 Å². The Balaban J connectivity index is 1.52. The molecule has 0 amide bonds. The minimum atomic E-state index is 0.233. The first kappa shape index (κ1) is 13.0. The maximum Gasteiger partial charge on any atom is 0.0632 e. The quantitative estimate of drug-likeness (QED) is 0.574. The van der Waals surface area contributed by atoms with E-state index < -0.39 is 0 Å². The predicted molar refractivity (Wildman–Crippen MR) is 91.0 cm³/mol. The first-order chi connectivity index (χ1) is 10.3. The zero-order valence-electron chi connectivity index (χ0n) is 12.2. The second-order valence-corrected chi connectivity index (χ2v) is 8.98. The van der Waals surface area contributed by atoms with Crippen LogP contribution in [0.2, 0.25) is 0 Å². The Bertz CT molecular complexity index is 645. The van der Waals surface area contributed by atoms with Gasteiger partial charge in [0.05, 0.1) is 5.38 Å². The van der Waals surface area contributed by atoms with Gasteiger partial charge < -0.3 is 0 Å². The number of thiophene rings is 1. The molecule has 6 rings (SSSR count). The van der Waals surface area contributed by atoms with Crippen LogP contribution in [0.1, 0.15) is 43.0 Å². The summed E-state index contributed by atoms with van der Waals surface area (Å²) in [5.74, 6) is 4.61. The molecule has 4 bridgehead atoms. The van der Waals surface area contributed by atoms with Crippen molar-refractivity contribution >= 4 is 33.0 Å². The standard InChI is InChI=1S/C19H21ClS/c20-19(16-10-21-17-4-2-1-3-15(16)17)18-13-6-11-5-12(8-13)9-14(18)7-11/h1-4,10-14,18-19H,5-9H2. The topological polar surface area (TPSA) is 0 Å². The van der Waals surface area contributed by atoms with Crippen molar-refractivity contribution in [3.8, 4) is 0 Å². The summed E-state index contributed by atoms with van der Waals surface area (Å²) >= 11 is 8.94. The van der Waals surface area contributed by atoms with Gasteiger partial charge in [0.15, 0.2) is 0 Å². The lowest BCUT2D eigenvalue weighted by atomic mass is 9.51. The Labute approximate surface area is 135 Å². The molecule has 0 N–H and O–H groups in total. The van der Waals surface area contributed by atoms with Crippen molar-refractivity contribution in [2.75, 3.05) is 0 Å². The molecule has 0 nitrogen and oxygen atoms in total. The van der Waals surface area contributed by atoms with Crippen molar-refractivity contribution in [3.05, 3.63) is 35.2 Å². The van der Waals surface area contributed by atoms with Gasteiger partial charge in [-0.15, -0.1) is 22.9 Å². The van der Waals surface area contributed by atoms with Crippen LogP contribution in [-0.4, -0.2) is 0 Å². The van der Waals surface area contributed by atoms with Crippen LogP contribution in [0.25, 0.3) is 10.1 Å². The Morgan fingerprint density at radius 2 is 1.62 bits per heavy atom. The predicted octanol–water partition coefficient (Wildman–Crippen LogP) is 6.25. The zero-order valence-corrected chi connectivity index (χ0v) is 13.7. The van der Waals surface area contributed by atoms with Gasteiger partial charge in [0.2, 0.25) is 0 Å². The second-order valence-electron chi connectivity index (χ2n) is 7.60. The monoisotopic (exact) mass is 316 g/mol. The molecule has 1 atom stereocenters. The van der Waals surface area contributed by atoms with E-state index in [1.165, 1.54) is 47.8 Å². The highest BCUT2D eigenvalue weighted by Crippen LogP contribution is 2.61. The summed E-state index contributed by atoms with van der Waals surface area (Å²) in [5.41, 5.74) is 1.41. The van der Waals surface area contributed by atoms with Gasteiger partial charge in [0.1, 0.15) is 0 Å². The molecule has 0 radical (unpaired) electrons. The minimum absolute atomic E-state index is 0.233. The molecular weight excluding hydrogens is 296 g/mol. The number of hydrogen-bond acceptors (Lipinski definition) is 1. The number of halogens is 1. The third-order valence-corrected chi connectivity index (χ3v) is 7.95. The van der Waals surface area contributed by atoms with Crippen LogP contribution >= 0.6 is 22.9 Å². The molecule has 21 heavy (non-hydrogen) atoms. The van der Waals surface area contributed by atoms with E-state index >= 15 is 0 Å². The molecule has 2 aromatic rings. The van der Waals surface area contributed by atoms with Crippen LogP contribution < -0.4 is 0 Å². The molecule has 1 unspecified atom stereocenters. The minimum Gasteiger partial charge on any atom is -0.143 e. The normalized spacial score (nSPS) is 39.0. The molecule has 4 saturated carbocycles. The number of benzene rings is 1. The summed E-state index contributed by atoms with van der Waals surface area (Å²) in [6.07, 6.45) is 7.37.